The van der Waals surface area contributed by atoms with Crippen LogP contribution in [0.1, 0.15) is 11.1 Å². The van der Waals surface area contributed by atoms with E-state index in [1.165, 1.54) is 6.08 Å². The first-order valence-electron chi connectivity index (χ1n) is 8.50. The third-order valence-corrected chi connectivity index (χ3v) is 4.01. The van der Waals surface area contributed by atoms with Crippen molar-refractivity contribution in [1.29, 1.82) is 0 Å². The Bertz CT molecular complexity index is 801. The zero-order valence-corrected chi connectivity index (χ0v) is 16.1. The van der Waals surface area contributed by atoms with Crippen LogP contribution in [0.15, 0.2) is 42.5 Å². The fourth-order valence-electron chi connectivity index (χ4n) is 2.56. The van der Waals surface area contributed by atoms with Gasteiger partial charge < -0.3 is 24.3 Å². The van der Waals surface area contributed by atoms with Gasteiger partial charge in [-0.25, -0.2) is 0 Å². The second-order valence-electron chi connectivity index (χ2n) is 5.67. The summed E-state index contributed by atoms with van der Waals surface area (Å²) in [5, 5.41) is 2.86. The molecule has 0 saturated heterocycles. The van der Waals surface area contributed by atoms with Crippen LogP contribution >= 0.6 is 0 Å². The van der Waals surface area contributed by atoms with E-state index < -0.39 is 0 Å². The van der Waals surface area contributed by atoms with Crippen molar-refractivity contribution in [2.45, 2.75) is 6.42 Å². The Morgan fingerprint density at radius 2 is 1.59 bits per heavy atom. The summed E-state index contributed by atoms with van der Waals surface area (Å²) < 4.78 is 21.0. The van der Waals surface area contributed by atoms with E-state index in [2.05, 4.69) is 5.32 Å². The smallest absolute Gasteiger partial charge is 0.244 e. The quantitative estimate of drug-likeness (QED) is 0.686. The van der Waals surface area contributed by atoms with E-state index >= 15 is 0 Å². The van der Waals surface area contributed by atoms with Gasteiger partial charge in [-0.1, -0.05) is 6.07 Å². The van der Waals surface area contributed by atoms with Crippen LogP contribution in [0.3, 0.4) is 0 Å². The van der Waals surface area contributed by atoms with E-state index in [1.54, 1.807) is 46.6 Å². The number of carbonyl (C=O) groups is 1. The Labute approximate surface area is 159 Å². The molecule has 2 aromatic carbocycles. The number of benzene rings is 2. The summed E-state index contributed by atoms with van der Waals surface area (Å²) in [5.41, 5.74) is 1.82. The van der Waals surface area contributed by atoms with Gasteiger partial charge in [0.1, 0.15) is 11.5 Å². The molecule has 6 nitrogen and oxygen atoms in total. The van der Waals surface area contributed by atoms with Crippen LogP contribution in [-0.2, 0) is 11.2 Å². The van der Waals surface area contributed by atoms with Crippen LogP contribution < -0.4 is 24.3 Å². The Balaban J connectivity index is 1.92. The van der Waals surface area contributed by atoms with Gasteiger partial charge in [0.05, 0.1) is 28.4 Å². The Hall–Kier alpha value is -3.15. The largest absolute Gasteiger partial charge is 0.497 e. The van der Waals surface area contributed by atoms with E-state index in [9.17, 15) is 4.79 Å². The van der Waals surface area contributed by atoms with Crippen LogP contribution in [-0.4, -0.2) is 40.9 Å². The molecular formula is C21H25NO5. The number of rotatable bonds is 9. The van der Waals surface area contributed by atoms with Gasteiger partial charge >= 0.3 is 0 Å². The summed E-state index contributed by atoms with van der Waals surface area (Å²) in [5.74, 6) is 2.54. The van der Waals surface area contributed by atoms with Gasteiger partial charge in [-0.05, 0) is 48.4 Å². The highest BCUT2D eigenvalue weighted by atomic mass is 16.5. The van der Waals surface area contributed by atoms with Crippen molar-refractivity contribution < 1.29 is 23.7 Å². The maximum Gasteiger partial charge on any atom is 0.244 e. The standard InChI is InChI=1S/C21H25NO5/c1-24-17-7-9-18(25-2)16(14-17)6-10-21(23)22-12-11-15-5-8-19(26-3)20(13-15)27-4/h5-10,13-14H,11-12H2,1-4H3,(H,22,23)/b10-6+. The van der Waals surface area contributed by atoms with E-state index in [4.69, 9.17) is 18.9 Å². The predicted molar refractivity (Wildman–Crippen MR) is 105 cm³/mol. The van der Waals surface area contributed by atoms with E-state index in [1.807, 2.05) is 24.3 Å². The summed E-state index contributed by atoms with van der Waals surface area (Å²) in [6.07, 6.45) is 3.86. The van der Waals surface area contributed by atoms with Crippen molar-refractivity contribution in [3.8, 4) is 23.0 Å². The molecule has 0 radical (unpaired) electrons. The molecule has 2 rings (SSSR count). The molecule has 0 saturated carbocycles. The highest BCUT2D eigenvalue weighted by molar-refractivity contribution is 5.92. The lowest BCUT2D eigenvalue weighted by Gasteiger charge is -2.10. The van der Waals surface area contributed by atoms with Gasteiger partial charge in [0.15, 0.2) is 11.5 Å². The second-order valence-corrected chi connectivity index (χ2v) is 5.67. The lowest BCUT2D eigenvalue weighted by molar-refractivity contribution is -0.116. The Morgan fingerprint density at radius 1 is 0.889 bits per heavy atom. The lowest BCUT2D eigenvalue weighted by Crippen LogP contribution is -2.23. The van der Waals surface area contributed by atoms with Crippen LogP contribution in [0.25, 0.3) is 6.08 Å². The number of carbonyl (C=O) groups excluding carboxylic acids is 1. The average Bonchev–Trinajstić information content (AvgIpc) is 2.71. The van der Waals surface area contributed by atoms with Crippen LogP contribution in [0.2, 0.25) is 0 Å². The minimum atomic E-state index is -0.180. The topological polar surface area (TPSA) is 66.0 Å². The van der Waals surface area contributed by atoms with Crippen LogP contribution in [0.4, 0.5) is 0 Å². The monoisotopic (exact) mass is 371 g/mol. The summed E-state index contributed by atoms with van der Waals surface area (Å²) >= 11 is 0. The summed E-state index contributed by atoms with van der Waals surface area (Å²) in [4.78, 5) is 12.1. The van der Waals surface area contributed by atoms with Gasteiger partial charge in [0.25, 0.3) is 0 Å². The first-order valence-corrected chi connectivity index (χ1v) is 8.50. The van der Waals surface area contributed by atoms with Gasteiger partial charge in [-0.2, -0.15) is 0 Å². The lowest BCUT2D eigenvalue weighted by atomic mass is 10.1. The highest BCUT2D eigenvalue weighted by Crippen LogP contribution is 2.27. The van der Waals surface area contributed by atoms with Crippen molar-refractivity contribution in [3.63, 3.8) is 0 Å². The number of hydrogen-bond donors (Lipinski definition) is 1. The SMILES string of the molecule is COc1ccc(OC)c(/C=C/C(=O)NCCc2ccc(OC)c(OC)c2)c1. The summed E-state index contributed by atoms with van der Waals surface area (Å²) in [6, 6.07) is 11.1. The van der Waals surface area contributed by atoms with Gasteiger partial charge in [-0.3, -0.25) is 4.79 Å². The molecule has 1 amide bonds. The predicted octanol–water partition coefficient (Wildman–Crippen LogP) is 3.09. The first kappa shape index (κ1) is 20.2. The fourth-order valence-corrected chi connectivity index (χ4v) is 2.56. The number of methoxy groups -OCH3 is 4. The molecule has 0 heterocycles. The van der Waals surface area contributed by atoms with Crippen molar-refractivity contribution in [3.05, 3.63) is 53.6 Å². The van der Waals surface area contributed by atoms with Crippen molar-refractivity contribution in [2.24, 2.45) is 0 Å². The minimum absolute atomic E-state index is 0.180. The molecular weight excluding hydrogens is 346 g/mol. The third kappa shape index (κ3) is 5.67. The molecule has 0 aliphatic heterocycles. The van der Waals surface area contributed by atoms with Crippen LogP contribution in [0, 0.1) is 0 Å². The summed E-state index contributed by atoms with van der Waals surface area (Å²) in [6.45, 7) is 0.508. The maximum atomic E-state index is 12.1. The molecule has 144 valence electrons. The molecule has 2 aromatic rings. The Kier molecular flexibility index (Phi) is 7.55. The van der Waals surface area contributed by atoms with E-state index in [-0.39, 0.29) is 5.91 Å². The first-order chi connectivity index (χ1) is 13.1. The molecule has 1 N–H and O–H groups in total. The zero-order chi connectivity index (χ0) is 19.6. The fraction of sp³-hybridized carbons (Fsp3) is 0.286. The van der Waals surface area contributed by atoms with Crippen molar-refractivity contribution >= 4 is 12.0 Å². The van der Waals surface area contributed by atoms with Crippen LogP contribution in [0.5, 0.6) is 23.0 Å². The average molecular weight is 371 g/mol. The zero-order valence-electron chi connectivity index (χ0n) is 16.1. The number of amides is 1. The second kappa shape index (κ2) is 10.1. The Morgan fingerprint density at radius 3 is 2.26 bits per heavy atom. The number of hydrogen-bond acceptors (Lipinski definition) is 5. The molecule has 0 aliphatic carbocycles. The number of nitrogens with one attached hydrogen (secondary N) is 1. The molecule has 0 unspecified atom stereocenters. The van der Waals surface area contributed by atoms with Gasteiger partial charge in [0.2, 0.25) is 5.91 Å². The third-order valence-electron chi connectivity index (χ3n) is 4.01. The molecule has 0 spiro atoms. The molecule has 0 atom stereocenters. The molecule has 0 fully saturated rings. The van der Waals surface area contributed by atoms with Crippen molar-refractivity contribution in [1.82, 2.24) is 5.32 Å². The maximum absolute atomic E-state index is 12.1. The molecule has 0 aromatic heterocycles. The minimum Gasteiger partial charge on any atom is -0.497 e. The molecule has 6 heteroatoms. The molecule has 27 heavy (non-hydrogen) atoms. The van der Waals surface area contributed by atoms with E-state index in [0.717, 1.165) is 11.1 Å². The normalized spacial score (nSPS) is 10.5. The molecule has 0 aliphatic rings. The molecule has 0 bridgehead atoms. The van der Waals surface area contributed by atoms with E-state index in [0.29, 0.717) is 36.0 Å². The summed E-state index contributed by atoms with van der Waals surface area (Å²) in [7, 11) is 6.38. The van der Waals surface area contributed by atoms with Gasteiger partial charge in [-0.15, -0.1) is 0 Å². The number of ether oxygens (including phenoxy) is 4. The van der Waals surface area contributed by atoms with Crippen molar-refractivity contribution in [2.75, 3.05) is 35.0 Å². The van der Waals surface area contributed by atoms with Gasteiger partial charge in [0, 0.05) is 18.2 Å². The highest BCUT2D eigenvalue weighted by Gasteiger charge is 2.06.